The van der Waals surface area contributed by atoms with Crippen LogP contribution in [0.1, 0.15) is 55.8 Å². The van der Waals surface area contributed by atoms with Gasteiger partial charge in [0.1, 0.15) is 0 Å². The minimum atomic E-state index is 0.182. The largest absolute Gasteiger partial charge is 0.354 e. The van der Waals surface area contributed by atoms with Crippen molar-refractivity contribution in [3.05, 3.63) is 52.3 Å². The van der Waals surface area contributed by atoms with Crippen molar-refractivity contribution in [2.75, 3.05) is 7.05 Å². The lowest BCUT2D eigenvalue weighted by atomic mass is 9.87. The molecule has 2 N–H and O–H groups in total. The van der Waals surface area contributed by atoms with Crippen LogP contribution in [-0.2, 0) is 25.4 Å². The number of aliphatic imine (C=N–C) groups is 1. The Morgan fingerprint density at radius 2 is 1.81 bits per heavy atom. The molecule has 1 heterocycles. The van der Waals surface area contributed by atoms with Crippen LogP contribution in [0, 0.1) is 13.8 Å². The molecule has 0 aliphatic rings. The monoisotopic (exact) mass is 369 g/mol. The number of nitrogens with one attached hydrogen (secondary N) is 2. The molecular weight excluding hydrogens is 334 g/mol. The van der Waals surface area contributed by atoms with Crippen LogP contribution >= 0.6 is 0 Å². The van der Waals surface area contributed by atoms with Crippen LogP contribution in [0.5, 0.6) is 0 Å². The van der Waals surface area contributed by atoms with Crippen molar-refractivity contribution < 1.29 is 0 Å². The number of hydrogen-bond donors (Lipinski definition) is 2. The first-order valence-electron chi connectivity index (χ1n) is 9.67. The highest BCUT2D eigenvalue weighted by Gasteiger charge is 2.15. The molecule has 1 aromatic heterocycles. The molecule has 0 radical (unpaired) electrons. The first kappa shape index (κ1) is 21.0. The van der Waals surface area contributed by atoms with Gasteiger partial charge in [-0.1, -0.05) is 45.0 Å². The van der Waals surface area contributed by atoms with Crippen LogP contribution in [0.15, 0.2) is 29.3 Å². The second kappa shape index (κ2) is 8.59. The molecule has 1 unspecified atom stereocenters. The molecule has 5 heteroatoms. The molecule has 27 heavy (non-hydrogen) atoms. The lowest BCUT2D eigenvalue weighted by Gasteiger charge is -2.20. The van der Waals surface area contributed by atoms with Crippen LogP contribution in [0.25, 0.3) is 0 Å². The topological polar surface area (TPSA) is 54.2 Å². The highest BCUT2D eigenvalue weighted by molar-refractivity contribution is 5.79. The number of aryl methyl sites for hydroxylation is 2. The van der Waals surface area contributed by atoms with Crippen molar-refractivity contribution in [2.45, 2.75) is 66.0 Å². The van der Waals surface area contributed by atoms with E-state index in [-0.39, 0.29) is 11.5 Å². The van der Waals surface area contributed by atoms with Gasteiger partial charge in [-0.05, 0) is 49.3 Å². The summed E-state index contributed by atoms with van der Waals surface area (Å²) >= 11 is 0. The molecule has 0 aliphatic heterocycles. The molecule has 5 nitrogen and oxygen atoms in total. The Balaban J connectivity index is 1.92. The van der Waals surface area contributed by atoms with Gasteiger partial charge in [0.05, 0.1) is 5.69 Å². The van der Waals surface area contributed by atoms with E-state index in [4.69, 9.17) is 0 Å². The van der Waals surface area contributed by atoms with E-state index in [1.54, 1.807) is 0 Å². The third-order valence-electron chi connectivity index (χ3n) is 5.06. The summed E-state index contributed by atoms with van der Waals surface area (Å²) in [4.78, 5) is 4.37. The van der Waals surface area contributed by atoms with Crippen LogP contribution < -0.4 is 10.6 Å². The third kappa shape index (κ3) is 5.59. The van der Waals surface area contributed by atoms with Gasteiger partial charge < -0.3 is 10.6 Å². The van der Waals surface area contributed by atoms with Crippen molar-refractivity contribution >= 4 is 5.96 Å². The maximum absolute atomic E-state index is 4.51. The van der Waals surface area contributed by atoms with Gasteiger partial charge in [-0.3, -0.25) is 9.67 Å². The number of aromatic nitrogens is 2. The summed E-state index contributed by atoms with van der Waals surface area (Å²) in [5, 5.41) is 11.4. The molecular formula is C22H35N5. The highest BCUT2D eigenvalue weighted by atomic mass is 15.3. The Hall–Kier alpha value is -2.30. The molecule has 148 valence electrons. The third-order valence-corrected chi connectivity index (χ3v) is 5.06. The predicted octanol–water partition coefficient (Wildman–Crippen LogP) is 3.63. The summed E-state index contributed by atoms with van der Waals surface area (Å²) in [5.41, 5.74) is 6.42. The number of benzene rings is 1. The quantitative estimate of drug-likeness (QED) is 0.625. The summed E-state index contributed by atoms with van der Waals surface area (Å²) in [6.07, 6.45) is 0.923. The lowest BCUT2D eigenvalue weighted by molar-refractivity contribution is 0.589. The van der Waals surface area contributed by atoms with Crippen LogP contribution in [0.3, 0.4) is 0 Å². The van der Waals surface area contributed by atoms with Gasteiger partial charge in [0, 0.05) is 32.4 Å². The van der Waals surface area contributed by atoms with Gasteiger partial charge in [0.2, 0.25) is 0 Å². The van der Waals surface area contributed by atoms with Gasteiger partial charge in [-0.2, -0.15) is 5.10 Å². The van der Waals surface area contributed by atoms with Crippen molar-refractivity contribution in [3.63, 3.8) is 0 Å². The first-order chi connectivity index (χ1) is 12.6. The summed E-state index contributed by atoms with van der Waals surface area (Å²) < 4.78 is 1.95. The molecule has 2 aromatic rings. The smallest absolute Gasteiger partial charge is 0.191 e. The highest BCUT2D eigenvalue weighted by Crippen LogP contribution is 2.22. The molecule has 2 rings (SSSR count). The van der Waals surface area contributed by atoms with Gasteiger partial charge >= 0.3 is 0 Å². The number of rotatable bonds is 5. The van der Waals surface area contributed by atoms with Gasteiger partial charge in [0.25, 0.3) is 0 Å². The molecule has 1 atom stereocenters. The fourth-order valence-corrected chi connectivity index (χ4v) is 3.21. The zero-order chi connectivity index (χ0) is 20.2. The Morgan fingerprint density at radius 3 is 2.30 bits per heavy atom. The SMILES string of the molecule is CN=C(NCc1ccc(C(C)(C)C)cc1)NC(C)Cc1c(C)nn(C)c1C. The molecule has 0 amide bonds. The van der Waals surface area contributed by atoms with Crippen LogP contribution in [0.2, 0.25) is 0 Å². The summed E-state index contributed by atoms with van der Waals surface area (Å²) in [6, 6.07) is 9.06. The minimum Gasteiger partial charge on any atom is -0.354 e. The molecule has 0 aliphatic carbocycles. The van der Waals surface area contributed by atoms with Gasteiger partial charge in [0.15, 0.2) is 5.96 Å². The normalized spacial score (nSPS) is 13.6. The van der Waals surface area contributed by atoms with Crippen LogP contribution in [-0.4, -0.2) is 28.8 Å². The average Bonchev–Trinajstić information content (AvgIpc) is 2.84. The summed E-state index contributed by atoms with van der Waals surface area (Å²) in [5.74, 6) is 0.821. The lowest BCUT2D eigenvalue weighted by Crippen LogP contribution is -2.42. The van der Waals surface area contributed by atoms with E-state index >= 15 is 0 Å². The number of hydrogen-bond acceptors (Lipinski definition) is 2. The maximum Gasteiger partial charge on any atom is 0.191 e. The van der Waals surface area contributed by atoms with E-state index < -0.39 is 0 Å². The van der Waals surface area contributed by atoms with Crippen molar-refractivity contribution in [3.8, 4) is 0 Å². The Kier molecular flexibility index (Phi) is 6.68. The van der Waals surface area contributed by atoms with Crippen LogP contribution in [0.4, 0.5) is 0 Å². The zero-order valence-corrected chi connectivity index (χ0v) is 18.1. The molecule has 1 aromatic carbocycles. The predicted molar refractivity (Wildman–Crippen MR) is 114 cm³/mol. The fraction of sp³-hybridized carbons (Fsp3) is 0.545. The van der Waals surface area contributed by atoms with E-state index in [1.807, 2.05) is 18.8 Å². The molecule has 0 saturated carbocycles. The summed E-state index contributed by atoms with van der Waals surface area (Å²) in [6.45, 7) is 13.8. The number of guanidine groups is 1. The van der Waals surface area contributed by atoms with E-state index in [9.17, 15) is 0 Å². The Morgan fingerprint density at radius 1 is 1.19 bits per heavy atom. The van der Waals surface area contributed by atoms with Crippen molar-refractivity contribution in [2.24, 2.45) is 12.0 Å². The zero-order valence-electron chi connectivity index (χ0n) is 18.1. The number of nitrogens with zero attached hydrogens (tertiary/aromatic N) is 3. The van der Waals surface area contributed by atoms with Crippen molar-refractivity contribution in [1.82, 2.24) is 20.4 Å². The Bertz CT molecular complexity index is 778. The molecule has 0 fully saturated rings. The summed E-state index contributed by atoms with van der Waals surface area (Å²) in [7, 11) is 3.81. The molecule has 0 spiro atoms. The van der Waals surface area contributed by atoms with Gasteiger partial charge in [-0.25, -0.2) is 0 Å². The van der Waals surface area contributed by atoms with Crippen molar-refractivity contribution in [1.29, 1.82) is 0 Å². The van der Waals surface area contributed by atoms with Gasteiger partial charge in [-0.15, -0.1) is 0 Å². The Labute approximate surface area is 164 Å². The van der Waals surface area contributed by atoms with E-state index in [0.29, 0.717) is 0 Å². The fourth-order valence-electron chi connectivity index (χ4n) is 3.21. The van der Waals surface area contributed by atoms with E-state index in [1.165, 1.54) is 22.4 Å². The second-order valence-corrected chi connectivity index (χ2v) is 8.40. The minimum absolute atomic E-state index is 0.182. The van der Waals surface area contributed by atoms with E-state index in [0.717, 1.165) is 24.6 Å². The molecule has 0 bridgehead atoms. The van der Waals surface area contributed by atoms with E-state index in [2.05, 4.69) is 86.5 Å². The second-order valence-electron chi connectivity index (χ2n) is 8.40. The molecule has 0 saturated heterocycles. The maximum atomic E-state index is 4.51. The average molecular weight is 370 g/mol. The standard InChI is InChI=1S/C22H35N5/c1-15(13-20-16(2)26-27(8)17(20)3)25-21(23-7)24-14-18-9-11-19(12-10-18)22(4,5)6/h9-12,15H,13-14H2,1-8H3,(H2,23,24,25). The first-order valence-corrected chi connectivity index (χ1v) is 9.67.